The third-order valence-electron chi connectivity index (χ3n) is 20.3. The van der Waals surface area contributed by atoms with Gasteiger partial charge < -0.3 is 126 Å². The second-order valence-corrected chi connectivity index (χ2v) is 29.9. The first kappa shape index (κ1) is 92.4. The summed E-state index contributed by atoms with van der Waals surface area (Å²) in [6, 6.07) is -3.11. The predicted octanol–water partition coefficient (Wildman–Crippen LogP) is -4.21. The standard InChI is InChI=1S/C71H127N17O23/c1-43(2)52(84(35-51-38-88(82-79-51)26-13-8-18-27-104-68-44(3)60(96)61(97)53(39-89)108-68)31-48(72)32-85(73)23-12-7-17-28-105-69-57(74-45(4)93)65(101)62(98)54(40-90)109-69)21-11-16-22-83(33-49-36-86(80-77-49)24-14-9-19-29-106-70-58(75-46(5)94)66(102)63(99)55(41-91)110-70)34-50-37-87(81-78-50)25-15-10-20-30-107-71-59(76-47(6)95)67(103)64(100)56(42-92)111-71/h32,36-38,43-44,52-71,89-92,96-103H,7-31,33-35,39-42,72-73H2,1-6H3,(H,74,93)(H,75,94)(H,76,95)/b48-32-/t44-,52?,53-,54-,55-,56-,57-,58-,59-,60-,61+,62+,63+,64+,65-,66-,67-,68-,69-,70-,71-/m1/s1. The number of nitrogens with one attached hydrogen (secondary N) is 3. The molecule has 7 heterocycles. The van der Waals surface area contributed by atoms with E-state index in [1.807, 2.05) is 23.3 Å². The third kappa shape index (κ3) is 29.5. The van der Waals surface area contributed by atoms with Crippen molar-refractivity contribution < 1.29 is 114 Å². The maximum Gasteiger partial charge on any atom is 0.217 e. The molecule has 3 aromatic heterocycles. The number of amides is 3. The average Bonchev–Trinajstić information content (AvgIpc) is 1.80. The number of rotatable bonds is 51. The Labute approximate surface area is 647 Å². The smallest absolute Gasteiger partial charge is 0.217 e. The zero-order valence-corrected chi connectivity index (χ0v) is 65.0. The minimum atomic E-state index is -1.43. The molecule has 7 rings (SSSR count). The zero-order chi connectivity index (χ0) is 80.7. The molecule has 21 atom stereocenters. The number of hydrogen-bond acceptors (Lipinski definition) is 34. The Morgan fingerprint density at radius 3 is 1.20 bits per heavy atom. The molecule has 3 amide bonds. The molecule has 0 bridgehead atoms. The normalized spacial score (nSPS) is 29.0. The van der Waals surface area contributed by atoms with Gasteiger partial charge in [-0.25, -0.2) is 5.84 Å². The van der Waals surface area contributed by atoms with Gasteiger partial charge in [-0.15, -0.1) is 15.3 Å². The van der Waals surface area contributed by atoms with Crippen LogP contribution in [-0.4, -0.2) is 334 Å². The lowest BCUT2D eigenvalue weighted by molar-refractivity contribution is -0.282. The third-order valence-corrected chi connectivity index (χ3v) is 20.3. The summed E-state index contributed by atoms with van der Waals surface area (Å²) < 4.78 is 51.9. The lowest BCUT2D eigenvalue weighted by atomic mass is 9.92. The first-order chi connectivity index (χ1) is 53.2. The van der Waals surface area contributed by atoms with Gasteiger partial charge in [0.2, 0.25) is 17.7 Å². The zero-order valence-electron chi connectivity index (χ0n) is 65.0. The fraction of sp³-hybridized carbons (Fsp3) is 0.845. The molecule has 3 aromatic rings. The summed E-state index contributed by atoms with van der Waals surface area (Å²) >= 11 is 0. The van der Waals surface area contributed by atoms with Crippen LogP contribution in [0.5, 0.6) is 0 Å². The van der Waals surface area contributed by atoms with Crippen molar-refractivity contribution in [1.29, 1.82) is 0 Å². The Bertz CT molecular complexity index is 3060. The molecule has 0 aliphatic carbocycles. The molecule has 0 radical (unpaired) electrons. The molecule has 4 aliphatic rings. The number of aromatic nitrogens is 9. The quantitative estimate of drug-likeness (QED) is 0.0145. The Hall–Kier alpha value is -5.75. The van der Waals surface area contributed by atoms with Gasteiger partial charge in [-0.1, -0.05) is 42.8 Å². The molecule has 0 saturated carbocycles. The van der Waals surface area contributed by atoms with Crippen LogP contribution in [0, 0.1) is 11.8 Å². The molecule has 4 fully saturated rings. The van der Waals surface area contributed by atoms with Gasteiger partial charge in [0.05, 0.1) is 49.6 Å². The van der Waals surface area contributed by atoms with E-state index < -0.39 is 167 Å². The number of nitrogens with two attached hydrogens (primary N) is 2. The van der Waals surface area contributed by atoms with Crippen molar-refractivity contribution in [1.82, 2.24) is 75.7 Å². The summed E-state index contributed by atoms with van der Waals surface area (Å²) in [6.45, 7) is 13.3. The number of nitrogens with zero attached hydrogens (tertiary/aromatic N) is 12. The molecule has 40 nitrogen and oxygen atoms in total. The molecule has 19 N–H and O–H groups in total. The fourth-order valence-corrected chi connectivity index (χ4v) is 14.2. The number of aliphatic hydroxyl groups excluding tert-OH is 12. The van der Waals surface area contributed by atoms with E-state index in [0.29, 0.717) is 110 Å². The highest BCUT2D eigenvalue weighted by Gasteiger charge is 2.48. The van der Waals surface area contributed by atoms with E-state index in [1.165, 1.54) is 20.8 Å². The number of unbranched alkanes of at least 4 members (excludes halogenated alkanes) is 9. The van der Waals surface area contributed by atoms with Crippen LogP contribution >= 0.6 is 0 Å². The lowest BCUT2D eigenvalue weighted by Gasteiger charge is -2.42. The van der Waals surface area contributed by atoms with E-state index in [4.69, 9.17) is 49.5 Å². The molecule has 0 aromatic carbocycles. The first-order valence-corrected chi connectivity index (χ1v) is 39.1. The van der Waals surface area contributed by atoms with Crippen LogP contribution in [0.25, 0.3) is 0 Å². The first-order valence-electron chi connectivity index (χ1n) is 39.1. The van der Waals surface area contributed by atoms with Gasteiger partial charge in [0.15, 0.2) is 25.2 Å². The number of carbonyl (C=O) groups is 3. The SMILES string of the molecule is CC(=O)N[C@H]1[C@H](OCCCCCN(N)/C=C(\N)CN(Cc2cn(CCCCCO[C@@H]3O[C@H](CO)[C@H](O)[C@H](O)[C@H]3C)nn2)C(CCCCN(Cc2cn(CCCCCO[C@@H]3O[C@H](CO)[C@H](O)[C@H](O)[C@H]3NC(C)=O)nn2)Cc2cn(CCCCCO[C@@H]3O[C@H](CO)[C@H](O)[C@H](O)[C@H]3NC(C)=O)nn2)C(C)C)O[C@H](CO)[C@H](O)[C@@H]1O. The number of carbonyl (C=O) groups excluding carboxylic acids is 3. The second kappa shape index (κ2) is 47.9. The molecule has 0 spiro atoms. The fourth-order valence-electron chi connectivity index (χ4n) is 14.2. The number of aryl methyl sites for hydroxylation is 3. The van der Waals surface area contributed by atoms with Crippen LogP contribution in [0.1, 0.15) is 155 Å². The molecule has 1 unspecified atom stereocenters. The molecule has 40 heteroatoms. The minimum Gasteiger partial charge on any atom is -0.400 e. The Morgan fingerprint density at radius 1 is 0.486 bits per heavy atom. The summed E-state index contributed by atoms with van der Waals surface area (Å²) in [7, 11) is 0. The Balaban J connectivity index is 0.975. The summed E-state index contributed by atoms with van der Waals surface area (Å²) in [5.74, 6) is 4.92. The van der Waals surface area contributed by atoms with Gasteiger partial charge in [-0.2, -0.15) is 0 Å². The summed E-state index contributed by atoms with van der Waals surface area (Å²) in [4.78, 5) is 40.4. The van der Waals surface area contributed by atoms with Crippen molar-refractivity contribution in [3.63, 3.8) is 0 Å². The molecule has 634 valence electrons. The van der Waals surface area contributed by atoms with Crippen molar-refractivity contribution in [3.05, 3.63) is 47.6 Å². The van der Waals surface area contributed by atoms with Gasteiger partial charge in [0.1, 0.15) is 85.3 Å². The highest BCUT2D eigenvalue weighted by atomic mass is 16.7. The van der Waals surface area contributed by atoms with Crippen molar-refractivity contribution in [2.45, 2.75) is 300 Å². The highest BCUT2D eigenvalue weighted by Crippen LogP contribution is 2.30. The van der Waals surface area contributed by atoms with E-state index in [1.54, 1.807) is 27.5 Å². The Morgan fingerprint density at radius 2 is 0.829 bits per heavy atom. The van der Waals surface area contributed by atoms with E-state index >= 15 is 0 Å². The van der Waals surface area contributed by atoms with Gasteiger partial charge in [-0.05, 0) is 102 Å². The van der Waals surface area contributed by atoms with Gasteiger partial charge in [-0.3, -0.25) is 38.2 Å². The number of hydrogen-bond donors (Lipinski definition) is 17. The maximum absolute atomic E-state index is 11.9. The molecule has 4 saturated heterocycles. The van der Waals surface area contributed by atoms with E-state index in [-0.39, 0.29) is 31.8 Å². The van der Waals surface area contributed by atoms with Crippen molar-refractivity contribution in [2.75, 3.05) is 72.5 Å². The van der Waals surface area contributed by atoms with E-state index in [0.717, 1.165) is 74.9 Å². The van der Waals surface area contributed by atoms with Gasteiger partial charge >= 0.3 is 0 Å². The predicted molar refractivity (Wildman–Crippen MR) is 392 cm³/mol. The van der Waals surface area contributed by atoms with Crippen LogP contribution in [0.2, 0.25) is 0 Å². The average molecular weight is 1590 g/mol. The monoisotopic (exact) mass is 1590 g/mol. The van der Waals surface area contributed by atoms with Crippen molar-refractivity contribution in [2.24, 2.45) is 23.4 Å². The van der Waals surface area contributed by atoms with Crippen LogP contribution < -0.4 is 27.5 Å². The molecular formula is C71H127N17O23. The minimum absolute atomic E-state index is 0.00610. The topological polar surface area (TPSA) is 558 Å². The van der Waals surface area contributed by atoms with E-state index in [9.17, 15) is 75.7 Å². The highest BCUT2D eigenvalue weighted by molar-refractivity contribution is 5.74. The lowest BCUT2D eigenvalue weighted by Crippen LogP contribution is -2.64. The maximum atomic E-state index is 11.9. The molecule has 111 heavy (non-hydrogen) atoms. The summed E-state index contributed by atoms with van der Waals surface area (Å²) in [6.07, 6.45) is -0.896. The van der Waals surface area contributed by atoms with Gasteiger partial charge in [0, 0.05) is 142 Å². The van der Waals surface area contributed by atoms with Crippen LogP contribution in [0.15, 0.2) is 30.5 Å². The largest absolute Gasteiger partial charge is 0.400 e. The number of ether oxygens (including phenoxy) is 8. The number of aliphatic hydroxyl groups is 12. The van der Waals surface area contributed by atoms with E-state index in [2.05, 4.69) is 70.5 Å². The van der Waals surface area contributed by atoms with Crippen LogP contribution in [-0.2, 0) is 91.5 Å². The Kier molecular flexibility index (Phi) is 39.9. The van der Waals surface area contributed by atoms with Crippen molar-refractivity contribution >= 4 is 17.7 Å². The second-order valence-electron chi connectivity index (χ2n) is 29.9. The van der Waals surface area contributed by atoms with Crippen molar-refractivity contribution in [3.8, 4) is 0 Å². The van der Waals surface area contributed by atoms with Crippen LogP contribution in [0.4, 0.5) is 0 Å². The van der Waals surface area contributed by atoms with Crippen LogP contribution in [0.3, 0.4) is 0 Å². The molecular weight excluding hydrogens is 1460 g/mol. The summed E-state index contributed by atoms with van der Waals surface area (Å²) in [5, 5.41) is 159. The number of hydrazine groups is 1. The summed E-state index contributed by atoms with van der Waals surface area (Å²) in [5.41, 5.74) is 9.66. The van der Waals surface area contributed by atoms with Gasteiger partial charge in [0.25, 0.3) is 0 Å². The molecule has 4 aliphatic heterocycles.